The van der Waals surface area contributed by atoms with Crippen molar-refractivity contribution in [2.45, 2.75) is 32.7 Å². The van der Waals surface area contributed by atoms with E-state index in [0.29, 0.717) is 6.04 Å². The summed E-state index contributed by atoms with van der Waals surface area (Å²) in [5.74, 6) is 1.09. The molecule has 0 saturated heterocycles. The zero-order valence-electron chi connectivity index (χ0n) is 11.7. The lowest BCUT2D eigenvalue weighted by molar-refractivity contribution is 0.123. The van der Waals surface area contributed by atoms with Crippen molar-refractivity contribution in [3.63, 3.8) is 0 Å². The Morgan fingerprint density at radius 2 is 2.26 bits per heavy atom. The van der Waals surface area contributed by atoms with Gasteiger partial charge in [-0.1, -0.05) is 22.9 Å². The SMILES string of the molecule is CCNC(COCC)Cc1cc(Br)cc2c1OCC2. The molecular weight excluding hydrogens is 306 g/mol. The highest BCUT2D eigenvalue weighted by Crippen LogP contribution is 2.33. The minimum Gasteiger partial charge on any atom is -0.493 e. The molecule has 0 fully saturated rings. The molecule has 2 rings (SSSR count). The van der Waals surface area contributed by atoms with Crippen molar-refractivity contribution >= 4 is 15.9 Å². The molecule has 0 saturated carbocycles. The van der Waals surface area contributed by atoms with Crippen LogP contribution in [0.5, 0.6) is 5.75 Å². The summed E-state index contributed by atoms with van der Waals surface area (Å²) in [5, 5.41) is 3.48. The third-order valence-corrected chi connectivity index (χ3v) is 3.77. The molecule has 1 aromatic carbocycles. The van der Waals surface area contributed by atoms with Gasteiger partial charge in [0.05, 0.1) is 13.2 Å². The van der Waals surface area contributed by atoms with E-state index in [1.165, 1.54) is 11.1 Å². The van der Waals surface area contributed by atoms with Crippen LogP contribution in [0, 0.1) is 0 Å². The Labute approximate surface area is 123 Å². The van der Waals surface area contributed by atoms with Crippen molar-refractivity contribution < 1.29 is 9.47 Å². The molecule has 0 radical (unpaired) electrons. The van der Waals surface area contributed by atoms with Crippen LogP contribution in [0.3, 0.4) is 0 Å². The van der Waals surface area contributed by atoms with Crippen molar-refractivity contribution in [1.29, 1.82) is 0 Å². The average Bonchev–Trinajstić information content (AvgIpc) is 2.84. The minimum absolute atomic E-state index is 0.340. The van der Waals surface area contributed by atoms with E-state index in [1.807, 2.05) is 6.92 Å². The van der Waals surface area contributed by atoms with Crippen LogP contribution < -0.4 is 10.1 Å². The van der Waals surface area contributed by atoms with Gasteiger partial charge in [-0.05, 0) is 43.1 Å². The molecule has 4 heteroatoms. The maximum Gasteiger partial charge on any atom is 0.125 e. The molecule has 3 nitrogen and oxygen atoms in total. The smallest absolute Gasteiger partial charge is 0.125 e. The van der Waals surface area contributed by atoms with Crippen LogP contribution >= 0.6 is 15.9 Å². The molecule has 1 N–H and O–H groups in total. The highest BCUT2D eigenvalue weighted by Gasteiger charge is 2.20. The normalized spacial score (nSPS) is 15.1. The molecule has 0 amide bonds. The first-order valence-electron chi connectivity index (χ1n) is 6.99. The topological polar surface area (TPSA) is 30.5 Å². The molecule has 1 heterocycles. The lowest BCUT2D eigenvalue weighted by Gasteiger charge is -2.19. The number of nitrogens with one attached hydrogen (secondary N) is 1. The Balaban J connectivity index is 2.12. The minimum atomic E-state index is 0.340. The summed E-state index contributed by atoms with van der Waals surface area (Å²) in [7, 11) is 0. The monoisotopic (exact) mass is 327 g/mol. The molecule has 0 spiro atoms. The number of rotatable bonds is 7. The first kappa shape index (κ1) is 14.8. The molecule has 0 bridgehead atoms. The molecular formula is C15H22BrNO2. The summed E-state index contributed by atoms with van der Waals surface area (Å²) < 4.78 is 12.5. The molecule has 1 atom stereocenters. The molecule has 1 aliphatic heterocycles. The van der Waals surface area contributed by atoms with Crippen LogP contribution in [0.2, 0.25) is 0 Å². The van der Waals surface area contributed by atoms with Crippen molar-refractivity contribution in [3.8, 4) is 5.75 Å². The van der Waals surface area contributed by atoms with Crippen molar-refractivity contribution in [3.05, 3.63) is 27.7 Å². The fourth-order valence-corrected chi connectivity index (χ4v) is 3.05. The third-order valence-electron chi connectivity index (χ3n) is 3.31. The van der Waals surface area contributed by atoms with E-state index in [-0.39, 0.29) is 0 Å². The Morgan fingerprint density at radius 1 is 1.42 bits per heavy atom. The van der Waals surface area contributed by atoms with Gasteiger partial charge >= 0.3 is 0 Å². The number of likely N-dealkylation sites (N-methyl/N-ethyl adjacent to an activating group) is 1. The van der Waals surface area contributed by atoms with Gasteiger partial charge < -0.3 is 14.8 Å². The molecule has 106 valence electrons. The maximum atomic E-state index is 5.78. The predicted molar refractivity (Wildman–Crippen MR) is 81.0 cm³/mol. The molecule has 0 aliphatic carbocycles. The lowest BCUT2D eigenvalue weighted by Crippen LogP contribution is -2.35. The second kappa shape index (κ2) is 7.27. The van der Waals surface area contributed by atoms with Crippen molar-refractivity contribution in [2.75, 3.05) is 26.4 Å². The fraction of sp³-hybridized carbons (Fsp3) is 0.600. The highest BCUT2D eigenvalue weighted by molar-refractivity contribution is 9.10. The number of ether oxygens (including phenoxy) is 2. The Hall–Kier alpha value is -0.580. The van der Waals surface area contributed by atoms with Gasteiger partial charge in [-0.15, -0.1) is 0 Å². The largest absolute Gasteiger partial charge is 0.493 e. The average molecular weight is 328 g/mol. The zero-order valence-corrected chi connectivity index (χ0v) is 13.3. The number of benzene rings is 1. The summed E-state index contributed by atoms with van der Waals surface area (Å²) in [6.07, 6.45) is 1.95. The van der Waals surface area contributed by atoms with Crippen molar-refractivity contribution in [2.24, 2.45) is 0 Å². The first-order valence-corrected chi connectivity index (χ1v) is 7.79. The van der Waals surface area contributed by atoms with E-state index >= 15 is 0 Å². The van der Waals surface area contributed by atoms with Gasteiger partial charge in [0.25, 0.3) is 0 Å². The van der Waals surface area contributed by atoms with Gasteiger partial charge in [-0.2, -0.15) is 0 Å². The summed E-state index contributed by atoms with van der Waals surface area (Å²) >= 11 is 3.59. The molecule has 0 aromatic heterocycles. The van der Waals surface area contributed by atoms with E-state index in [1.54, 1.807) is 0 Å². The van der Waals surface area contributed by atoms with E-state index in [0.717, 1.165) is 49.4 Å². The van der Waals surface area contributed by atoms with Crippen LogP contribution in [0.15, 0.2) is 16.6 Å². The van der Waals surface area contributed by atoms with Crippen LogP contribution in [0.4, 0.5) is 0 Å². The number of hydrogen-bond acceptors (Lipinski definition) is 3. The van der Waals surface area contributed by atoms with Crippen LogP contribution in [-0.2, 0) is 17.6 Å². The lowest BCUT2D eigenvalue weighted by atomic mass is 10.0. The summed E-state index contributed by atoms with van der Waals surface area (Å²) in [5.41, 5.74) is 2.59. The summed E-state index contributed by atoms with van der Waals surface area (Å²) in [6.45, 7) is 7.41. The molecule has 1 aliphatic rings. The van der Waals surface area contributed by atoms with Gasteiger partial charge in [0.2, 0.25) is 0 Å². The summed E-state index contributed by atoms with van der Waals surface area (Å²) in [4.78, 5) is 0. The van der Waals surface area contributed by atoms with Gasteiger partial charge in [0.15, 0.2) is 0 Å². The van der Waals surface area contributed by atoms with Crippen LogP contribution in [-0.4, -0.2) is 32.4 Å². The Kier molecular flexibility index (Phi) is 5.67. The van der Waals surface area contributed by atoms with Gasteiger partial charge in [0.1, 0.15) is 5.75 Å². The number of hydrogen-bond donors (Lipinski definition) is 1. The third kappa shape index (κ3) is 3.94. The van der Waals surface area contributed by atoms with Gasteiger partial charge in [0, 0.05) is 23.5 Å². The number of halogens is 1. The fourth-order valence-electron chi connectivity index (χ4n) is 2.50. The Morgan fingerprint density at radius 3 is 3.00 bits per heavy atom. The van der Waals surface area contributed by atoms with Gasteiger partial charge in [-0.3, -0.25) is 0 Å². The number of fused-ring (bicyclic) bond motifs is 1. The van der Waals surface area contributed by atoms with Crippen LogP contribution in [0.25, 0.3) is 0 Å². The standard InChI is InChI=1S/C15H22BrNO2/c1-3-17-14(10-18-4-2)9-12-8-13(16)7-11-5-6-19-15(11)12/h7-8,14,17H,3-6,9-10H2,1-2H3. The second-order valence-electron chi connectivity index (χ2n) is 4.77. The van der Waals surface area contributed by atoms with E-state index in [9.17, 15) is 0 Å². The van der Waals surface area contributed by atoms with Crippen LogP contribution in [0.1, 0.15) is 25.0 Å². The highest BCUT2D eigenvalue weighted by atomic mass is 79.9. The van der Waals surface area contributed by atoms with Gasteiger partial charge in [-0.25, -0.2) is 0 Å². The zero-order chi connectivity index (χ0) is 13.7. The molecule has 1 unspecified atom stereocenters. The second-order valence-corrected chi connectivity index (χ2v) is 5.69. The Bertz CT molecular complexity index is 423. The van der Waals surface area contributed by atoms with E-state index in [4.69, 9.17) is 9.47 Å². The van der Waals surface area contributed by atoms with E-state index < -0.39 is 0 Å². The maximum absolute atomic E-state index is 5.78. The predicted octanol–water partition coefficient (Wildman–Crippen LogP) is 2.94. The molecule has 19 heavy (non-hydrogen) atoms. The van der Waals surface area contributed by atoms with Crippen molar-refractivity contribution in [1.82, 2.24) is 5.32 Å². The first-order chi connectivity index (χ1) is 9.24. The summed E-state index contributed by atoms with van der Waals surface area (Å²) in [6, 6.07) is 4.67. The molecule has 1 aromatic rings. The van der Waals surface area contributed by atoms with E-state index in [2.05, 4.69) is 40.3 Å². The quantitative estimate of drug-likeness (QED) is 0.835.